The van der Waals surface area contributed by atoms with Crippen molar-refractivity contribution in [2.45, 2.75) is 71.9 Å². The van der Waals surface area contributed by atoms with Crippen LogP contribution in [0.5, 0.6) is 0 Å². The number of likely N-dealkylation sites (N-methyl/N-ethyl adjacent to an activating group) is 1. The van der Waals surface area contributed by atoms with Crippen LogP contribution in [-0.4, -0.2) is 29.3 Å². The fourth-order valence-corrected chi connectivity index (χ4v) is 8.31. The van der Waals surface area contributed by atoms with Gasteiger partial charge in [-0.2, -0.15) is 0 Å². The molecule has 4 heteroatoms. The lowest BCUT2D eigenvalue weighted by atomic mass is 9.47. The van der Waals surface area contributed by atoms with E-state index < -0.39 is 0 Å². The third-order valence-corrected chi connectivity index (χ3v) is 9.94. The summed E-state index contributed by atoms with van der Waals surface area (Å²) >= 11 is 0. The Morgan fingerprint density at radius 3 is 2.59 bits per heavy atom. The zero-order chi connectivity index (χ0) is 22.5. The van der Waals surface area contributed by atoms with Crippen molar-refractivity contribution in [3.63, 3.8) is 0 Å². The van der Waals surface area contributed by atoms with E-state index in [0.717, 1.165) is 31.4 Å². The van der Waals surface area contributed by atoms with Crippen LogP contribution in [0, 0.1) is 34.5 Å². The normalized spacial score (nSPS) is 40.4. The molecular formula is C28H38N2O2. The number of carbonyl (C=O) groups is 2. The number of fused-ring (bicyclic) bond motifs is 5. The molecule has 4 nitrogen and oxygen atoms in total. The van der Waals surface area contributed by atoms with Gasteiger partial charge < -0.3 is 10.2 Å². The Morgan fingerprint density at radius 2 is 1.84 bits per heavy atom. The van der Waals surface area contributed by atoms with Crippen LogP contribution in [0.4, 0.5) is 0 Å². The molecule has 0 saturated heterocycles. The molecule has 172 valence electrons. The van der Waals surface area contributed by atoms with E-state index in [1.54, 1.807) is 0 Å². The maximum atomic E-state index is 13.3. The van der Waals surface area contributed by atoms with Crippen LogP contribution in [0.25, 0.3) is 0 Å². The summed E-state index contributed by atoms with van der Waals surface area (Å²) in [6, 6.07) is 10.6. The molecule has 3 aliphatic carbocycles. The van der Waals surface area contributed by atoms with Crippen LogP contribution in [0.1, 0.15) is 64.9 Å². The molecule has 4 aliphatic rings. The van der Waals surface area contributed by atoms with Gasteiger partial charge in [-0.1, -0.05) is 50.3 Å². The van der Waals surface area contributed by atoms with Gasteiger partial charge >= 0.3 is 0 Å². The highest BCUT2D eigenvalue weighted by Crippen LogP contribution is 2.65. The molecule has 0 aromatic heterocycles. The average molecular weight is 435 g/mol. The molecule has 5 rings (SSSR count). The van der Waals surface area contributed by atoms with E-state index in [1.807, 2.05) is 24.3 Å². The molecule has 1 heterocycles. The first-order valence-electron chi connectivity index (χ1n) is 12.7. The zero-order valence-corrected chi connectivity index (χ0v) is 19.8. The quantitative estimate of drug-likeness (QED) is 0.729. The van der Waals surface area contributed by atoms with Gasteiger partial charge in [0.1, 0.15) is 0 Å². The molecule has 0 spiro atoms. The van der Waals surface area contributed by atoms with Gasteiger partial charge in [-0.15, -0.1) is 0 Å². The molecule has 1 aliphatic heterocycles. The predicted molar refractivity (Wildman–Crippen MR) is 126 cm³/mol. The number of hydrogen-bond donors (Lipinski definition) is 1. The smallest absolute Gasteiger partial charge is 0.246 e. The second kappa shape index (κ2) is 8.04. The van der Waals surface area contributed by atoms with E-state index >= 15 is 0 Å². The largest absolute Gasteiger partial charge is 0.352 e. The van der Waals surface area contributed by atoms with E-state index in [9.17, 15) is 9.59 Å². The van der Waals surface area contributed by atoms with E-state index in [0.29, 0.717) is 30.3 Å². The fourth-order valence-electron chi connectivity index (χ4n) is 8.31. The van der Waals surface area contributed by atoms with Crippen molar-refractivity contribution in [3.8, 4) is 0 Å². The third kappa shape index (κ3) is 3.24. The monoisotopic (exact) mass is 434 g/mol. The lowest BCUT2D eigenvalue weighted by molar-refractivity contribution is -0.144. The van der Waals surface area contributed by atoms with Crippen molar-refractivity contribution >= 4 is 11.8 Å². The summed E-state index contributed by atoms with van der Waals surface area (Å²) < 4.78 is 0. The number of nitrogens with one attached hydrogen (secondary N) is 1. The lowest BCUT2D eigenvalue weighted by Gasteiger charge is -2.60. The van der Waals surface area contributed by atoms with Gasteiger partial charge in [0.15, 0.2) is 0 Å². The molecule has 32 heavy (non-hydrogen) atoms. The first-order chi connectivity index (χ1) is 15.4. The maximum Gasteiger partial charge on any atom is 0.246 e. The summed E-state index contributed by atoms with van der Waals surface area (Å²) in [6.07, 6.45) is 10.9. The van der Waals surface area contributed by atoms with Crippen LogP contribution >= 0.6 is 0 Å². The first kappa shape index (κ1) is 21.7. The fraction of sp³-hybridized carbons (Fsp3) is 0.643. The van der Waals surface area contributed by atoms with Gasteiger partial charge in [-0.25, -0.2) is 0 Å². The van der Waals surface area contributed by atoms with Gasteiger partial charge in [0.25, 0.3) is 0 Å². The highest BCUT2D eigenvalue weighted by molar-refractivity contribution is 5.89. The van der Waals surface area contributed by atoms with E-state index in [4.69, 9.17) is 0 Å². The molecule has 7 atom stereocenters. The Kier molecular flexibility index (Phi) is 5.46. The molecular weight excluding hydrogens is 396 g/mol. The van der Waals surface area contributed by atoms with Crippen molar-refractivity contribution in [2.24, 2.45) is 34.5 Å². The Hall–Kier alpha value is -2.10. The van der Waals surface area contributed by atoms with Crippen molar-refractivity contribution in [1.29, 1.82) is 0 Å². The van der Waals surface area contributed by atoms with Crippen molar-refractivity contribution < 1.29 is 9.59 Å². The third-order valence-electron chi connectivity index (χ3n) is 9.94. The number of benzene rings is 1. The Morgan fingerprint density at radius 1 is 1.06 bits per heavy atom. The van der Waals surface area contributed by atoms with Gasteiger partial charge in [-0.05, 0) is 80.3 Å². The SMILES string of the molecule is CCN1C(=O)C=C[C@@]2(C)C1CC[C@@H]1[C@H]2CC[C@]2(C)C(C(=O)NCc3ccccc3)CC[C@@H]12. The average Bonchev–Trinajstić information content (AvgIpc) is 3.16. The van der Waals surface area contributed by atoms with Gasteiger partial charge in [0.2, 0.25) is 11.8 Å². The second-order valence-electron chi connectivity index (χ2n) is 11.2. The molecule has 1 N–H and O–H groups in total. The molecule has 1 aromatic carbocycles. The summed E-state index contributed by atoms with van der Waals surface area (Å²) in [5.41, 5.74) is 1.33. The zero-order valence-electron chi connectivity index (χ0n) is 19.8. The number of hydrogen-bond acceptors (Lipinski definition) is 2. The highest BCUT2D eigenvalue weighted by Gasteiger charge is 2.61. The summed E-state index contributed by atoms with van der Waals surface area (Å²) in [6.45, 7) is 8.33. The van der Waals surface area contributed by atoms with E-state index in [2.05, 4.69) is 49.2 Å². The van der Waals surface area contributed by atoms with Crippen molar-refractivity contribution in [2.75, 3.05) is 6.54 Å². The number of amides is 2. The van der Waals surface area contributed by atoms with E-state index in [-0.39, 0.29) is 28.6 Å². The Bertz CT molecular complexity index is 911. The van der Waals surface area contributed by atoms with E-state index in [1.165, 1.54) is 19.3 Å². The minimum Gasteiger partial charge on any atom is -0.352 e. The standard InChI is InChI=1S/C28H38N2O2/c1-4-30-24-13-10-20-21-11-12-23(26(32)29-18-19-8-6-5-7-9-19)27(21,2)16-14-22(20)28(24,3)17-15-25(30)31/h5-9,15,17,20-24H,4,10-14,16,18H2,1-3H3,(H,29,32)/t20-,21-,22+,23?,24?,27-,28+/m0/s1. The Labute approximate surface area is 192 Å². The first-order valence-corrected chi connectivity index (χ1v) is 12.7. The molecule has 2 unspecified atom stereocenters. The van der Waals surface area contributed by atoms with Crippen LogP contribution in [-0.2, 0) is 16.1 Å². The molecule has 3 fully saturated rings. The van der Waals surface area contributed by atoms with Gasteiger partial charge in [0.05, 0.1) is 0 Å². The molecule has 0 bridgehead atoms. The van der Waals surface area contributed by atoms with Crippen molar-refractivity contribution in [1.82, 2.24) is 10.2 Å². The number of nitrogens with zero attached hydrogens (tertiary/aromatic N) is 1. The molecule has 3 saturated carbocycles. The van der Waals surface area contributed by atoms with Gasteiger partial charge in [-0.3, -0.25) is 9.59 Å². The second-order valence-corrected chi connectivity index (χ2v) is 11.2. The lowest BCUT2D eigenvalue weighted by Crippen LogP contribution is -2.60. The van der Waals surface area contributed by atoms with Crippen LogP contribution < -0.4 is 5.32 Å². The van der Waals surface area contributed by atoms with Crippen LogP contribution in [0.2, 0.25) is 0 Å². The predicted octanol–water partition coefficient (Wildman–Crippen LogP) is 4.95. The van der Waals surface area contributed by atoms with Crippen LogP contribution in [0.15, 0.2) is 42.5 Å². The summed E-state index contributed by atoms with van der Waals surface area (Å²) in [4.78, 5) is 27.9. The Balaban J connectivity index is 1.33. The van der Waals surface area contributed by atoms with Crippen LogP contribution in [0.3, 0.4) is 0 Å². The number of carbonyl (C=O) groups excluding carboxylic acids is 2. The summed E-state index contributed by atoms with van der Waals surface area (Å²) in [5.74, 6) is 2.45. The molecule has 0 radical (unpaired) electrons. The van der Waals surface area contributed by atoms with Crippen molar-refractivity contribution in [3.05, 3.63) is 48.0 Å². The minimum atomic E-state index is 0.0713. The topological polar surface area (TPSA) is 49.4 Å². The minimum absolute atomic E-state index is 0.0713. The molecule has 1 aromatic rings. The highest BCUT2D eigenvalue weighted by atomic mass is 16.2. The number of rotatable bonds is 4. The summed E-state index contributed by atoms with van der Waals surface area (Å²) in [5, 5.41) is 3.25. The maximum absolute atomic E-state index is 13.3. The molecule has 2 amide bonds. The summed E-state index contributed by atoms with van der Waals surface area (Å²) in [7, 11) is 0. The van der Waals surface area contributed by atoms with Gasteiger partial charge in [0, 0.05) is 30.5 Å².